The van der Waals surface area contributed by atoms with Gasteiger partial charge in [0, 0.05) is 53.4 Å². The fourth-order valence-electron chi connectivity index (χ4n) is 8.74. The summed E-state index contributed by atoms with van der Waals surface area (Å²) >= 11 is 0. The minimum Gasteiger partial charge on any atom is -0.462 e. The summed E-state index contributed by atoms with van der Waals surface area (Å²) in [5, 5.41) is 12.3. The number of aldehydes is 1. The molecule has 16 atom stereocenters. The Labute approximate surface area is 363 Å². The first-order valence-electron chi connectivity index (χ1n) is 21.9. The van der Waals surface area contributed by atoms with E-state index in [9.17, 15) is 24.3 Å². The first kappa shape index (κ1) is 52.5. The van der Waals surface area contributed by atoms with Gasteiger partial charge in [0.1, 0.15) is 48.5 Å². The second-order valence-electron chi connectivity index (χ2n) is 17.1. The van der Waals surface area contributed by atoms with Gasteiger partial charge in [-0.25, -0.2) is 0 Å². The van der Waals surface area contributed by atoms with Crippen LogP contribution in [0.15, 0.2) is 24.3 Å². The molecule has 0 aromatic heterocycles. The Kier molecular flexibility index (Phi) is 22.0. The van der Waals surface area contributed by atoms with Crippen molar-refractivity contribution in [3.8, 4) is 0 Å². The minimum absolute atomic E-state index is 0.00423. The van der Waals surface area contributed by atoms with Gasteiger partial charge in [0.15, 0.2) is 12.6 Å². The third-order valence-corrected chi connectivity index (χ3v) is 11.4. The summed E-state index contributed by atoms with van der Waals surface area (Å²) in [6.45, 7) is 16.6. The van der Waals surface area contributed by atoms with Crippen LogP contribution in [0.5, 0.6) is 0 Å². The van der Waals surface area contributed by atoms with Crippen LogP contribution in [-0.4, -0.2) is 154 Å². The van der Waals surface area contributed by atoms with E-state index >= 15 is 0 Å². The van der Waals surface area contributed by atoms with Crippen LogP contribution in [0, 0.1) is 11.8 Å². The molecular formula is C45H75NO15. The number of ether oxygens (including phenoxy) is 10. The molecule has 0 aliphatic carbocycles. The number of carbonyl (C=O) groups excluding carboxylic acids is 4. The van der Waals surface area contributed by atoms with Gasteiger partial charge in [-0.3, -0.25) is 14.4 Å². The molecule has 1 N–H and O–H groups in total. The molecular weight excluding hydrogens is 794 g/mol. The van der Waals surface area contributed by atoms with Gasteiger partial charge in [0.2, 0.25) is 0 Å². The molecule has 0 aromatic rings. The lowest BCUT2D eigenvalue weighted by Gasteiger charge is -2.51. The van der Waals surface area contributed by atoms with Crippen LogP contribution in [0.3, 0.4) is 0 Å². The van der Waals surface area contributed by atoms with E-state index in [4.69, 9.17) is 47.4 Å². The number of cyclic esters (lactones) is 1. The molecule has 3 aliphatic rings. The first-order chi connectivity index (χ1) is 28.9. The van der Waals surface area contributed by atoms with E-state index in [1.165, 1.54) is 21.0 Å². The number of aliphatic hydroxyl groups is 1. The molecule has 3 heterocycles. The number of aliphatic hydroxyl groups excluding tert-OH is 1. The fourth-order valence-corrected chi connectivity index (χ4v) is 8.74. The molecule has 10 unspecified atom stereocenters. The minimum atomic E-state index is -1.32. The molecule has 2 fully saturated rings. The number of carbonyl (C=O) groups is 4. The average molecular weight is 870 g/mol. The zero-order valence-electron chi connectivity index (χ0n) is 38.5. The van der Waals surface area contributed by atoms with E-state index in [2.05, 4.69) is 0 Å². The van der Waals surface area contributed by atoms with E-state index < -0.39 is 109 Å². The van der Waals surface area contributed by atoms with Crippen LogP contribution in [0.2, 0.25) is 0 Å². The Morgan fingerprint density at radius 2 is 1.64 bits per heavy atom. The second-order valence-corrected chi connectivity index (χ2v) is 17.1. The maximum atomic E-state index is 13.4. The predicted octanol–water partition coefficient (Wildman–Crippen LogP) is 4.86. The summed E-state index contributed by atoms with van der Waals surface area (Å²) < 4.78 is 62.4. The van der Waals surface area contributed by atoms with Gasteiger partial charge in [-0.2, -0.15) is 0 Å². The maximum Gasteiger partial charge on any atom is 0.308 e. The van der Waals surface area contributed by atoms with E-state index in [1.54, 1.807) is 26.0 Å². The second kappa shape index (κ2) is 25.5. The van der Waals surface area contributed by atoms with Crippen LogP contribution >= 0.6 is 0 Å². The van der Waals surface area contributed by atoms with Crippen molar-refractivity contribution in [2.24, 2.45) is 11.8 Å². The molecule has 0 radical (unpaired) electrons. The molecule has 0 spiro atoms. The van der Waals surface area contributed by atoms with Crippen molar-refractivity contribution < 1.29 is 71.7 Å². The van der Waals surface area contributed by atoms with E-state index in [1.807, 2.05) is 65.8 Å². The number of hydrogen-bond acceptors (Lipinski definition) is 16. The number of esters is 3. The van der Waals surface area contributed by atoms with Gasteiger partial charge < -0.3 is 62.2 Å². The van der Waals surface area contributed by atoms with E-state index in [-0.39, 0.29) is 25.2 Å². The zero-order chi connectivity index (χ0) is 45.4. The summed E-state index contributed by atoms with van der Waals surface area (Å²) in [5.41, 5.74) is -1.06. The van der Waals surface area contributed by atoms with Crippen molar-refractivity contribution in [1.82, 2.24) is 4.90 Å². The van der Waals surface area contributed by atoms with E-state index in [0.29, 0.717) is 32.5 Å². The smallest absolute Gasteiger partial charge is 0.308 e. The summed E-state index contributed by atoms with van der Waals surface area (Å²) in [5.74, 6) is -2.34. The summed E-state index contributed by atoms with van der Waals surface area (Å²) in [7, 11) is 5.09. The lowest BCUT2D eigenvalue weighted by molar-refractivity contribution is -0.346. The van der Waals surface area contributed by atoms with Crippen LogP contribution in [0.1, 0.15) is 107 Å². The number of rotatable bonds is 16. The molecule has 0 bridgehead atoms. The predicted molar refractivity (Wildman–Crippen MR) is 224 cm³/mol. The number of allylic oxidation sites excluding steroid dienone is 2. The first-order valence-corrected chi connectivity index (χ1v) is 21.9. The highest BCUT2D eigenvalue weighted by Gasteiger charge is 2.53. The fraction of sp³-hybridized carbons (Fsp3) is 0.822. The van der Waals surface area contributed by atoms with Crippen molar-refractivity contribution in [2.45, 2.75) is 193 Å². The van der Waals surface area contributed by atoms with Crippen molar-refractivity contribution in [1.29, 1.82) is 0 Å². The Morgan fingerprint density at radius 1 is 0.951 bits per heavy atom. The van der Waals surface area contributed by atoms with Gasteiger partial charge in [0.25, 0.3) is 0 Å². The Hall–Kier alpha value is -2.80. The molecule has 61 heavy (non-hydrogen) atoms. The Morgan fingerprint density at radius 3 is 2.25 bits per heavy atom. The summed E-state index contributed by atoms with van der Waals surface area (Å²) in [6.07, 6.45) is 0.255. The van der Waals surface area contributed by atoms with Gasteiger partial charge in [-0.1, -0.05) is 39.0 Å². The molecule has 3 aliphatic heterocycles. The number of hydrogen-bond donors (Lipinski definition) is 1. The highest BCUT2D eigenvalue weighted by atomic mass is 16.7. The quantitative estimate of drug-likeness (QED) is 0.126. The molecule has 16 heteroatoms. The summed E-state index contributed by atoms with van der Waals surface area (Å²) in [4.78, 5) is 52.4. The highest BCUT2D eigenvalue weighted by molar-refractivity contribution is 5.70. The zero-order valence-corrected chi connectivity index (χ0v) is 38.5. The van der Waals surface area contributed by atoms with Gasteiger partial charge in [0.05, 0.1) is 36.9 Å². The lowest BCUT2D eigenvalue weighted by Crippen LogP contribution is -2.66. The third-order valence-electron chi connectivity index (χ3n) is 11.4. The van der Waals surface area contributed by atoms with Crippen LogP contribution in [0.4, 0.5) is 0 Å². The van der Waals surface area contributed by atoms with Crippen molar-refractivity contribution in [2.75, 3.05) is 34.4 Å². The van der Waals surface area contributed by atoms with Gasteiger partial charge >= 0.3 is 17.9 Å². The Balaban J connectivity index is 2.06. The van der Waals surface area contributed by atoms with Crippen molar-refractivity contribution in [3.05, 3.63) is 24.3 Å². The monoisotopic (exact) mass is 870 g/mol. The molecule has 3 rings (SSSR count). The van der Waals surface area contributed by atoms with Crippen molar-refractivity contribution >= 4 is 24.2 Å². The molecule has 0 amide bonds. The van der Waals surface area contributed by atoms with Crippen LogP contribution in [0.25, 0.3) is 0 Å². The average Bonchev–Trinajstić information content (AvgIpc) is 3.16. The number of nitrogens with zero attached hydrogens (tertiary/aromatic N) is 1. The number of methoxy groups -OCH3 is 1. The molecule has 16 nitrogen and oxygen atoms in total. The summed E-state index contributed by atoms with van der Waals surface area (Å²) in [6, 6.07) is -0.715. The van der Waals surface area contributed by atoms with Crippen molar-refractivity contribution in [3.63, 3.8) is 0 Å². The number of likely N-dealkylation sites (N-methyl/N-ethyl adjacent to an activating group) is 1. The lowest BCUT2D eigenvalue weighted by atomic mass is 9.82. The largest absolute Gasteiger partial charge is 0.462 e. The molecule has 0 aromatic carbocycles. The van der Waals surface area contributed by atoms with Gasteiger partial charge in [-0.15, -0.1) is 0 Å². The molecule has 0 saturated carbocycles. The van der Waals surface area contributed by atoms with Crippen LogP contribution < -0.4 is 0 Å². The van der Waals surface area contributed by atoms with E-state index in [0.717, 1.165) is 12.7 Å². The van der Waals surface area contributed by atoms with Crippen LogP contribution in [-0.2, 0) is 66.5 Å². The topological polar surface area (TPSA) is 184 Å². The Bertz CT molecular complexity index is 1430. The third kappa shape index (κ3) is 15.5. The SMILES string of the molecule is CCCOC1C(C)OC(OC2C(C)OC(O[C@@H]3C(OC)[C@H](OCCC)CC(=O)O[C@H](C)C/C=C/C=C/[C@H](OC(C)=O)[C@H](C)C[C@@H]3CC=O)C(O)C2N(C)C)CC1(C)OC(C)=O. The molecule has 2 saturated heterocycles. The maximum absolute atomic E-state index is 13.4. The van der Waals surface area contributed by atoms with Gasteiger partial charge in [-0.05, 0) is 79.0 Å². The normalized spacial score (nSPS) is 39.2. The molecule has 350 valence electrons. The highest BCUT2D eigenvalue weighted by Crippen LogP contribution is 2.39. The standard InChI is InChI=1S/C45H75NO15/c1-13-22-53-35-25-36(50)55-28(4)18-16-15-17-19-34(58-31(7)48)27(3)24-33(20-21-47)41(42(35)52-12)60-44-39(51)38(46(10)11)40(29(5)57-44)59-37-26-45(9,61-32(8)49)43(30(6)56-37)54-23-14-2/h15-17,19,21,27-30,33-35,37-44,51H,13-14,18,20,22-26H2,1-12H3/b16-15+,19-17+/t27-,28-,29?,30?,33+,34+,35-,37?,38?,39?,40?,41+,42?,43?,44?,45?/m1/s1.